The van der Waals surface area contributed by atoms with E-state index < -0.39 is 22.5 Å². The summed E-state index contributed by atoms with van der Waals surface area (Å²) >= 11 is 3.39. The fourth-order valence-corrected chi connectivity index (χ4v) is 4.97. The number of alkyl carbamates (subject to hydrolysis) is 1. The van der Waals surface area contributed by atoms with Crippen molar-refractivity contribution in [3.8, 4) is 0 Å². The van der Waals surface area contributed by atoms with Crippen molar-refractivity contribution in [3.05, 3.63) is 58.6 Å². The van der Waals surface area contributed by atoms with Gasteiger partial charge in [0, 0.05) is 22.4 Å². The number of nitrogens with one attached hydrogen (secondary N) is 3. The smallest absolute Gasteiger partial charge is 0.407 e. The van der Waals surface area contributed by atoms with Gasteiger partial charge in [-0.2, -0.15) is 0 Å². The van der Waals surface area contributed by atoms with Crippen molar-refractivity contribution in [2.75, 3.05) is 17.2 Å². The molecule has 3 N–H and O–H groups in total. The highest BCUT2D eigenvalue weighted by atomic mass is 79.9. The SMILES string of the molecule is CC(C)(C)OC(=O)NCCc1ccc(NC(=O)C23CC(C(=O)Nc4ccc(Br)cc4)(C2)C3)cc1. The molecule has 0 heterocycles. The van der Waals surface area contributed by atoms with Crippen LogP contribution in [0.15, 0.2) is 53.0 Å². The van der Waals surface area contributed by atoms with Crippen LogP contribution in [0.4, 0.5) is 16.2 Å². The molecule has 180 valence electrons. The lowest BCUT2D eigenvalue weighted by molar-refractivity contribution is -0.201. The maximum Gasteiger partial charge on any atom is 0.407 e. The Kier molecular flexibility index (Phi) is 6.46. The number of carbonyl (C=O) groups is 3. The summed E-state index contributed by atoms with van der Waals surface area (Å²) in [7, 11) is 0. The van der Waals surface area contributed by atoms with Crippen molar-refractivity contribution in [1.29, 1.82) is 0 Å². The number of amides is 3. The topological polar surface area (TPSA) is 96.5 Å². The van der Waals surface area contributed by atoms with E-state index in [0.29, 0.717) is 32.2 Å². The van der Waals surface area contributed by atoms with Crippen LogP contribution in [0.1, 0.15) is 45.6 Å². The molecule has 7 nitrogen and oxygen atoms in total. The maximum absolute atomic E-state index is 12.9. The molecule has 0 aliphatic heterocycles. The molecule has 3 aliphatic rings. The molecule has 0 saturated heterocycles. The van der Waals surface area contributed by atoms with Gasteiger partial charge in [0.05, 0.1) is 10.8 Å². The molecule has 0 unspecified atom stereocenters. The number of carbonyl (C=O) groups excluding carboxylic acids is 3. The van der Waals surface area contributed by atoms with E-state index in [0.717, 1.165) is 21.4 Å². The van der Waals surface area contributed by atoms with E-state index in [4.69, 9.17) is 4.74 Å². The summed E-state index contributed by atoms with van der Waals surface area (Å²) in [5, 5.41) is 8.71. The number of anilines is 2. The highest BCUT2D eigenvalue weighted by Crippen LogP contribution is 2.73. The van der Waals surface area contributed by atoms with Crippen molar-refractivity contribution in [2.45, 2.75) is 52.1 Å². The Morgan fingerprint density at radius 1 is 0.853 bits per heavy atom. The largest absolute Gasteiger partial charge is 0.444 e. The number of hydrogen-bond acceptors (Lipinski definition) is 4. The Balaban J connectivity index is 1.21. The first kappa shape index (κ1) is 24.3. The van der Waals surface area contributed by atoms with E-state index in [-0.39, 0.29) is 11.8 Å². The van der Waals surface area contributed by atoms with Gasteiger partial charge in [-0.25, -0.2) is 4.79 Å². The highest BCUT2D eigenvalue weighted by molar-refractivity contribution is 9.10. The molecule has 0 atom stereocenters. The van der Waals surface area contributed by atoms with Crippen LogP contribution in [0.5, 0.6) is 0 Å². The van der Waals surface area contributed by atoms with Gasteiger partial charge in [-0.1, -0.05) is 28.1 Å². The predicted octanol–water partition coefficient (Wildman–Crippen LogP) is 5.26. The zero-order valence-corrected chi connectivity index (χ0v) is 21.3. The van der Waals surface area contributed by atoms with E-state index in [2.05, 4.69) is 31.9 Å². The van der Waals surface area contributed by atoms with Crippen LogP contribution in [-0.2, 0) is 20.7 Å². The lowest BCUT2D eigenvalue weighted by Gasteiger charge is -2.67. The first-order valence-corrected chi connectivity index (χ1v) is 12.2. The molecule has 3 saturated carbocycles. The number of hydrogen-bond donors (Lipinski definition) is 3. The third-order valence-corrected chi connectivity index (χ3v) is 6.92. The summed E-state index contributed by atoms with van der Waals surface area (Å²) in [6.07, 6.45) is 1.99. The summed E-state index contributed by atoms with van der Waals surface area (Å²) in [5.74, 6) is -0.0287. The first-order valence-electron chi connectivity index (χ1n) is 11.4. The molecule has 3 aliphatic carbocycles. The Hall–Kier alpha value is -2.87. The fraction of sp³-hybridized carbons (Fsp3) is 0.423. The minimum atomic E-state index is -0.521. The molecule has 0 aromatic heterocycles. The van der Waals surface area contributed by atoms with Crippen LogP contribution in [-0.4, -0.2) is 30.1 Å². The second-order valence-electron chi connectivity index (χ2n) is 10.4. The Morgan fingerprint density at radius 3 is 1.79 bits per heavy atom. The number of benzene rings is 2. The van der Waals surface area contributed by atoms with Gasteiger partial charge in [0.2, 0.25) is 11.8 Å². The van der Waals surface area contributed by atoms with Crippen LogP contribution in [0, 0.1) is 10.8 Å². The normalized spacial score (nSPS) is 22.6. The molecule has 2 aromatic rings. The van der Waals surface area contributed by atoms with Crippen LogP contribution >= 0.6 is 15.9 Å². The van der Waals surface area contributed by atoms with Gasteiger partial charge in [-0.05, 0) is 88.4 Å². The lowest BCUT2D eigenvalue weighted by atomic mass is 9.34. The van der Waals surface area contributed by atoms with Crippen molar-refractivity contribution in [2.24, 2.45) is 10.8 Å². The lowest BCUT2D eigenvalue weighted by Crippen LogP contribution is -2.70. The first-order chi connectivity index (χ1) is 16.0. The Morgan fingerprint density at radius 2 is 1.32 bits per heavy atom. The highest BCUT2D eigenvalue weighted by Gasteiger charge is 2.74. The fourth-order valence-electron chi connectivity index (χ4n) is 4.71. The summed E-state index contributed by atoms with van der Waals surface area (Å²) in [6, 6.07) is 15.1. The number of halogens is 1. The zero-order chi connectivity index (χ0) is 24.6. The molecule has 2 aromatic carbocycles. The van der Waals surface area contributed by atoms with E-state index in [1.54, 1.807) is 0 Å². The summed E-state index contributed by atoms with van der Waals surface area (Å²) in [4.78, 5) is 37.3. The van der Waals surface area contributed by atoms with Crippen molar-refractivity contribution < 1.29 is 19.1 Å². The van der Waals surface area contributed by atoms with Crippen molar-refractivity contribution in [3.63, 3.8) is 0 Å². The molecule has 8 heteroatoms. The Bertz CT molecular complexity index is 1070. The van der Waals surface area contributed by atoms with Gasteiger partial charge in [0.15, 0.2) is 0 Å². The van der Waals surface area contributed by atoms with Crippen molar-refractivity contribution >= 4 is 45.2 Å². The molecule has 3 fully saturated rings. The molecule has 34 heavy (non-hydrogen) atoms. The van der Waals surface area contributed by atoms with Gasteiger partial charge >= 0.3 is 6.09 Å². The van der Waals surface area contributed by atoms with Crippen LogP contribution in [0.3, 0.4) is 0 Å². The average molecular weight is 528 g/mol. The zero-order valence-electron chi connectivity index (χ0n) is 19.7. The minimum absolute atomic E-state index is 0.00570. The van der Waals surface area contributed by atoms with E-state index in [9.17, 15) is 14.4 Å². The third-order valence-electron chi connectivity index (χ3n) is 6.39. The maximum atomic E-state index is 12.9. The number of rotatable bonds is 7. The molecule has 0 spiro atoms. The van der Waals surface area contributed by atoms with Crippen LogP contribution in [0.2, 0.25) is 0 Å². The molecule has 0 radical (unpaired) electrons. The molecular formula is C26H30BrN3O4. The van der Waals surface area contributed by atoms with Crippen LogP contribution in [0.25, 0.3) is 0 Å². The Labute approximate surface area is 208 Å². The molecule has 5 rings (SSSR count). The average Bonchev–Trinajstić information content (AvgIpc) is 2.67. The predicted molar refractivity (Wildman–Crippen MR) is 135 cm³/mol. The van der Waals surface area contributed by atoms with E-state index >= 15 is 0 Å². The van der Waals surface area contributed by atoms with E-state index in [1.807, 2.05) is 69.3 Å². The van der Waals surface area contributed by atoms with E-state index in [1.165, 1.54) is 0 Å². The number of ether oxygens (including phenoxy) is 1. The van der Waals surface area contributed by atoms with Crippen LogP contribution < -0.4 is 16.0 Å². The molecular weight excluding hydrogens is 498 g/mol. The third kappa shape index (κ3) is 5.27. The summed E-state index contributed by atoms with van der Waals surface area (Å²) in [5.41, 5.74) is 1.16. The molecule has 2 bridgehead atoms. The second-order valence-corrected chi connectivity index (χ2v) is 11.3. The quantitative estimate of drug-likeness (QED) is 0.457. The summed E-state index contributed by atoms with van der Waals surface area (Å²) < 4.78 is 6.18. The van der Waals surface area contributed by atoms with Gasteiger partial charge in [-0.3, -0.25) is 9.59 Å². The standard InChI is InChI=1S/C26H30BrN3O4/c1-24(2,3)34-23(33)28-13-12-17-4-8-19(9-5-17)29-21(31)25-14-26(15-25,16-25)22(32)30-20-10-6-18(27)7-11-20/h4-11H,12-16H2,1-3H3,(H,28,33)(H,29,31)(H,30,32). The van der Waals surface area contributed by atoms with Gasteiger partial charge < -0.3 is 20.7 Å². The van der Waals surface area contributed by atoms with Gasteiger partial charge in [0.1, 0.15) is 5.60 Å². The monoisotopic (exact) mass is 527 g/mol. The van der Waals surface area contributed by atoms with Gasteiger partial charge in [-0.15, -0.1) is 0 Å². The second kappa shape index (κ2) is 9.06. The molecule has 3 amide bonds. The van der Waals surface area contributed by atoms with Crippen molar-refractivity contribution in [1.82, 2.24) is 5.32 Å². The summed E-state index contributed by atoms with van der Waals surface area (Å²) in [6.45, 7) is 5.94. The minimum Gasteiger partial charge on any atom is -0.444 e. The van der Waals surface area contributed by atoms with Gasteiger partial charge in [0.25, 0.3) is 0 Å².